The van der Waals surface area contributed by atoms with Gasteiger partial charge in [-0.15, -0.1) is 0 Å². The van der Waals surface area contributed by atoms with Crippen LogP contribution in [-0.4, -0.2) is 73.7 Å². The topological polar surface area (TPSA) is 104 Å². The van der Waals surface area contributed by atoms with Gasteiger partial charge in [0.2, 0.25) is 5.91 Å². The van der Waals surface area contributed by atoms with Crippen LogP contribution in [0.5, 0.6) is 0 Å². The van der Waals surface area contributed by atoms with Crippen molar-refractivity contribution in [3.8, 4) is 0 Å². The molecule has 1 amide bonds. The van der Waals surface area contributed by atoms with Crippen molar-refractivity contribution < 1.29 is 9.90 Å². The maximum absolute atomic E-state index is 12.8. The lowest BCUT2D eigenvalue weighted by Gasteiger charge is -2.48. The second kappa shape index (κ2) is 10.6. The Morgan fingerprint density at radius 3 is 2.55 bits per heavy atom. The zero-order chi connectivity index (χ0) is 22.6. The van der Waals surface area contributed by atoms with Gasteiger partial charge in [0.25, 0.3) is 0 Å². The van der Waals surface area contributed by atoms with Crippen LogP contribution >= 0.6 is 0 Å². The number of carbonyl (C=O) groups is 1. The zero-order valence-corrected chi connectivity index (χ0v) is 19.4. The number of amides is 1. The highest BCUT2D eigenvalue weighted by atomic mass is 16.3. The van der Waals surface area contributed by atoms with Crippen molar-refractivity contribution in [2.24, 2.45) is 11.8 Å². The van der Waals surface area contributed by atoms with Gasteiger partial charge in [-0.2, -0.15) is 0 Å². The van der Waals surface area contributed by atoms with Gasteiger partial charge in [-0.1, -0.05) is 12.8 Å². The molecule has 0 aliphatic carbocycles. The van der Waals surface area contributed by atoms with Crippen LogP contribution in [0.1, 0.15) is 38.5 Å². The number of hydrogen-bond donors (Lipinski definition) is 6. The van der Waals surface area contributed by atoms with E-state index in [9.17, 15) is 9.90 Å². The molecule has 0 spiro atoms. The van der Waals surface area contributed by atoms with Crippen LogP contribution in [0.15, 0.2) is 24.3 Å². The number of piperidine rings is 1. The summed E-state index contributed by atoms with van der Waals surface area (Å²) in [5, 5.41) is 20.5. The van der Waals surface area contributed by atoms with Crippen LogP contribution in [0.25, 0.3) is 0 Å². The second-order valence-corrected chi connectivity index (χ2v) is 9.99. The SMILES string of the molecule is O=C1NNCC2NC(N3CCCCCC3)NC(Nc3ccc(N4CCCC(CO)C4)cc3)C12. The lowest BCUT2D eigenvalue weighted by molar-refractivity contribution is -0.132. The summed E-state index contributed by atoms with van der Waals surface area (Å²) in [6, 6.07) is 8.58. The summed E-state index contributed by atoms with van der Waals surface area (Å²) < 4.78 is 0. The highest BCUT2D eigenvalue weighted by molar-refractivity contribution is 5.81. The summed E-state index contributed by atoms with van der Waals surface area (Å²) in [7, 11) is 0. The first kappa shape index (κ1) is 22.9. The standard InChI is InChI=1S/C24H39N7O2/c32-16-17-6-5-13-31(15-17)19-9-7-18(8-10-19)26-22-21-20(14-25-29-23(21)33)27-24(28-22)30-11-3-1-2-4-12-30/h7-10,17,20-22,24-28,32H,1-6,11-16H2,(H,29,33). The summed E-state index contributed by atoms with van der Waals surface area (Å²) >= 11 is 0. The van der Waals surface area contributed by atoms with Crippen LogP contribution in [0.3, 0.4) is 0 Å². The van der Waals surface area contributed by atoms with E-state index < -0.39 is 0 Å². The van der Waals surface area contributed by atoms with Gasteiger partial charge in [-0.25, -0.2) is 5.43 Å². The molecule has 33 heavy (non-hydrogen) atoms. The summed E-state index contributed by atoms with van der Waals surface area (Å²) in [5.74, 6) is 0.168. The summed E-state index contributed by atoms with van der Waals surface area (Å²) in [5.41, 5.74) is 8.06. The highest BCUT2D eigenvalue weighted by Crippen LogP contribution is 2.26. The molecule has 5 rings (SSSR count). The molecule has 4 aliphatic heterocycles. The number of nitrogens with zero attached hydrogens (tertiary/aromatic N) is 2. The van der Waals surface area contributed by atoms with E-state index in [-0.39, 0.29) is 36.9 Å². The maximum atomic E-state index is 12.8. The molecule has 1 aromatic carbocycles. The van der Waals surface area contributed by atoms with Gasteiger partial charge in [0, 0.05) is 56.7 Å². The Morgan fingerprint density at radius 2 is 1.79 bits per heavy atom. The van der Waals surface area contributed by atoms with E-state index in [0.29, 0.717) is 12.5 Å². The van der Waals surface area contributed by atoms with E-state index in [1.54, 1.807) is 0 Å². The Hall–Kier alpha value is -1.91. The Kier molecular flexibility index (Phi) is 7.32. The summed E-state index contributed by atoms with van der Waals surface area (Å²) in [6.45, 7) is 5.07. The molecule has 1 aromatic rings. The van der Waals surface area contributed by atoms with E-state index in [4.69, 9.17) is 0 Å². The average molecular weight is 458 g/mol. The fourth-order valence-corrected chi connectivity index (χ4v) is 5.80. The van der Waals surface area contributed by atoms with Gasteiger partial charge in [0.15, 0.2) is 0 Å². The van der Waals surface area contributed by atoms with Crippen LogP contribution in [0.4, 0.5) is 11.4 Å². The number of benzene rings is 1. The van der Waals surface area contributed by atoms with Crippen molar-refractivity contribution >= 4 is 17.3 Å². The minimum absolute atomic E-state index is 0.0121. The Balaban J connectivity index is 1.29. The third-order valence-corrected chi connectivity index (χ3v) is 7.68. The Bertz CT molecular complexity index is 784. The largest absolute Gasteiger partial charge is 0.396 e. The Labute approximate surface area is 196 Å². The van der Waals surface area contributed by atoms with Crippen LogP contribution in [0.2, 0.25) is 0 Å². The third-order valence-electron chi connectivity index (χ3n) is 7.68. The Morgan fingerprint density at radius 1 is 1.00 bits per heavy atom. The molecule has 9 nitrogen and oxygen atoms in total. The van der Waals surface area contributed by atoms with E-state index in [2.05, 4.69) is 60.9 Å². The second-order valence-electron chi connectivity index (χ2n) is 9.99. The molecule has 4 aliphatic rings. The van der Waals surface area contributed by atoms with E-state index >= 15 is 0 Å². The van der Waals surface area contributed by atoms with Gasteiger partial charge in [-0.05, 0) is 55.9 Å². The van der Waals surface area contributed by atoms with Crippen molar-refractivity contribution in [1.29, 1.82) is 0 Å². The molecule has 0 saturated carbocycles. The lowest BCUT2D eigenvalue weighted by atomic mass is 9.91. The van der Waals surface area contributed by atoms with Gasteiger partial charge < -0.3 is 15.3 Å². The number of carbonyl (C=O) groups excluding carboxylic acids is 1. The third kappa shape index (κ3) is 5.27. The summed E-state index contributed by atoms with van der Waals surface area (Å²) in [4.78, 5) is 17.6. The number of rotatable bonds is 5. The molecule has 5 atom stereocenters. The molecular weight excluding hydrogens is 418 g/mol. The molecule has 0 bridgehead atoms. The first-order valence-electron chi connectivity index (χ1n) is 12.7. The monoisotopic (exact) mass is 457 g/mol. The van der Waals surface area contributed by atoms with Gasteiger partial charge in [-0.3, -0.25) is 25.8 Å². The van der Waals surface area contributed by atoms with Crippen molar-refractivity contribution in [3.05, 3.63) is 24.3 Å². The van der Waals surface area contributed by atoms with Gasteiger partial charge >= 0.3 is 0 Å². The number of fused-ring (bicyclic) bond motifs is 1. The molecule has 9 heteroatoms. The number of aliphatic hydroxyl groups excluding tert-OH is 1. The molecule has 4 heterocycles. The predicted molar refractivity (Wildman–Crippen MR) is 129 cm³/mol. The first-order valence-corrected chi connectivity index (χ1v) is 12.7. The summed E-state index contributed by atoms with van der Waals surface area (Å²) in [6.07, 6.45) is 7.15. The van der Waals surface area contributed by atoms with Crippen molar-refractivity contribution in [2.75, 3.05) is 49.5 Å². The molecule has 182 valence electrons. The predicted octanol–water partition coefficient (Wildman–Crippen LogP) is 0.605. The number of nitrogens with one attached hydrogen (secondary N) is 5. The molecule has 0 aromatic heterocycles. The van der Waals surface area contributed by atoms with Gasteiger partial charge in [0.05, 0.1) is 12.1 Å². The van der Waals surface area contributed by atoms with Crippen molar-refractivity contribution in [1.82, 2.24) is 26.4 Å². The molecule has 4 saturated heterocycles. The zero-order valence-electron chi connectivity index (χ0n) is 19.4. The molecule has 4 fully saturated rings. The molecule has 5 unspecified atom stereocenters. The quantitative estimate of drug-likeness (QED) is 0.382. The van der Waals surface area contributed by atoms with Gasteiger partial charge in [0.1, 0.15) is 6.29 Å². The smallest absolute Gasteiger partial charge is 0.242 e. The van der Waals surface area contributed by atoms with Crippen molar-refractivity contribution in [2.45, 2.75) is 57.0 Å². The molecular formula is C24H39N7O2. The fraction of sp³-hybridized carbons (Fsp3) is 0.708. The first-order chi connectivity index (χ1) is 16.2. The van der Waals surface area contributed by atoms with Crippen molar-refractivity contribution in [3.63, 3.8) is 0 Å². The number of hydrazine groups is 1. The normalized spacial score (nSPS) is 33.7. The van der Waals surface area contributed by atoms with E-state index in [1.807, 2.05) is 0 Å². The highest BCUT2D eigenvalue weighted by Gasteiger charge is 2.44. The number of likely N-dealkylation sites (tertiary alicyclic amines) is 1. The van der Waals surface area contributed by atoms with Crippen LogP contribution in [-0.2, 0) is 4.79 Å². The van der Waals surface area contributed by atoms with Crippen LogP contribution < -0.4 is 31.7 Å². The van der Waals surface area contributed by atoms with Crippen LogP contribution in [0, 0.1) is 11.8 Å². The number of anilines is 2. The van der Waals surface area contributed by atoms with E-state index in [0.717, 1.165) is 44.7 Å². The molecule has 0 radical (unpaired) electrons. The number of aliphatic hydroxyl groups is 1. The lowest BCUT2D eigenvalue weighted by Crippen LogP contribution is -2.76. The fourth-order valence-electron chi connectivity index (χ4n) is 5.80. The van der Waals surface area contributed by atoms with E-state index in [1.165, 1.54) is 31.4 Å². The minimum Gasteiger partial charge on any atom is -0.396 e. The minimum atomic E-state index is -0.207. The maximum Gasteiger partial charge on any atom is 0.242 e. The molecule has 6 N–H and O–H groups in total. The number of hydrogen-bond acceptors (Lipinski definition) is 8. The average Bonchev–Trinajstić information content (AvgIpc) is 3.14.